The molecular weight excluding hydrogens is 406 g/mol. The van der Waals surface area contributed by atoms with Gasteiger partial charge in [-0.05, 0) is 43.7 Å². The van der Waals surface area contributed by atoms with Crippen molar-refractivity contribution < 1.29 is 9.57 Å². The van der Waals surface area contributed by atoms with Crippen molar-refractivity contribution in [2.45, 2.75) is 20.5 Å². The van der Waals surface area contributed by atoms with Crippen LogP contribution in [0.3, 0.4) is 0 Å². The number of oxime groups is 1. The second-order valence-corrected chi connectivity index (χ2v) is 7.22. The van der Waals surface area contributed by atoms with Crippen molar-refractivity contribution in [2.75, 3.05) is 7.11 Å². The van der Waals surface area contributed by atoms with Crippen molar-refractivity contribution >= 4 is 22.9 Å². The van der Waals surface area contributed by atoms with Gasteiger partial charge in [-0.15, -0.1) is 5.10 Å². The van der Waals surface area contributed by atoms with Crippen molar-refractivity contribution in [1.82, 2.24) is 29.1 Å². The molecule has 1 aromatic carbocycles. The third kappa shape index (κ3) is 3.33. The predicted octanol–water partition coefficient (Wildman–Crippen LogP) is 3.64. The maximum absolute atomic E-state index is 5.43. The van der Waals surface area contributed by atoms with Crippen LogP contribution in [0.5, 0.6) is 5.75 Å². The number of benzene rings is 1. The third-order valence-corrected chi connectivity index (χ3v) is 5.35. The van der Waals surface area contributed by atoms with Gasteiger partial charge in [0.25, 0.3) is 0 Å². The molecule has 0 aliphatic carbocycles. The molecule has 9 heteroatoms. The highest BCUT2D eigenvalue weighted by atomic mass is 16.6. The molecule has 5 aromatic rings. The number of pyridine rings is 1. The van der Waals surface area contributed by atoms with Crippen LogP contribution < -0.4 is 4.74 Å². The average molecular weight is 427 g/mol. The number of aromatic nitrogens is 6. The van der Waals surface area contributed by atoms with Crippen LogP contribution in [-0.4, -0.2) is 42.5 Å². The fourth-order valence-electron chi connectivity index (χ4n) is 3.69. The minimum absolute atomic E-state index is 0.133. The summed E-state index contributed by atoms with van der Waals surface area (Å²) in [5.74, 6) is 2.05. The fourth-order valence-corrected chi connectivity index (χ4v) is 3.69. The van der Waals surface area contributed by atoms with Gasteiger partial charge in [0.1, 0.15) is 17.9 Å². The van der Waals surface area contributed by atoms with Crippen LogP contribution in [0.25, 0.3) is 22.5 Å². The van der Waals surface area contributed by atoms with E-state index in [0.717, 1.165) is 45.1 Å². The highest BCUT2D eigenvalue weighted by molar-refractivity contribution is 5.94. The molecule has 160 valence electrons. The predicted molar refractivity (Wildman–Crippen MR) is 120 cm³/mol. The molecule has 0 saturated carbocycles. The molecule has 0 amide bonds. The summed E-state index contributed by atoms with van der Waals surface area (Å²) >= 11 is 0. The Hall–Kier alpha value is -4.27. The van der Waals surface area contributed by atoms with Crippen LogP contribution >= 0.6 is 0 Å². The quantitative estimate of drug-likeness (QED) is 0.303. The first-order valence-electron chi connectivity index (χ1n) is 10.1. The molecule has 4 heterocycles. The Kier molecular flexibility index (Phi) is 4.98. The highest BCUT2D eigenvalue weighted by Crippen LogP contribution is 2.29. The minimum Gasteiger partial charge on any atom is -0.496 e. The zero-order valence-corrected chi connectivity index (χ0v) is 17.9. The largest absolute Gasteiger partial charge is 0.496 e. The molecule has 5 rings (SSSR count). The maximum atomic E-state index is 5.43. The smallest absolute Gasteiger partial charge is 0.192 e. The van der Waals surface area contributed by atoms with Crippen LogP contribution in [0, 0.1) is 13.8 Å². The van der Waals surface area contributed by atoms with Crippen molar-refractivity contribution in [3.05, 3.63) is 77.6 Å². The summed E-state index contributed by atoms with van der Waals surface area (Å²) in [7, 11) is 1.62. The summed E-state index contributed by atoms with van der Waals surface area (Å²) in [4.78, 5) is 19.2. The molecule has 0 N–H and O–H groups in total. The van der Waals surface area contributed by atoms with E-state index < -0.39 is 0 Å². The van der Waals surface area contributed by atoms with Crippen molar-refractivity contribution in [3.8, 4) is 11.6 Å². The second kappa shape index (κ2) is 8.10. The third-order valence-electron chi connectivity index (χ3n) is 5.35. The standard InChI is InChI=1S/C23H21N7O2/c1-15-16(2)30(20-10-6-7-11-24-20)22-21(15)23-27-19(28-29(23)14-25-22)13-32-26-12-17-8-4-5-9-18(17)31-3/h4-12,14H,13H2,1-3H3/b26-12+. The van der Waals surface area contributed by atoms with Crippen LogP contribution in [0.2, 0.25) is 0 Å². The molecule has 32 heavy (non-hydrogen) atoms. The highest BCUT2D eigenvalue weighted by Gasteiger charge is 2.19. The van der Waals surface area contributed by atoms with Gasteiger partial charge in [0.05, 0.1) is 18.7 Å². The zero-order valence-electron chi connectivity index (χ0n) is 17.9. The Balaban J connectivity index is 1.45. The van der Waals surface area contributed by atoms with Gasteiger partial charge in [-0.3, -0.25) is 4.57 Å². The van der Waals surface area contributed by atoms with Crippen molar-refractivity contribution in [3.63, 3.8) is 0 Å². The van der Waals surface area contributed by atoms with Gasteiger partial charge in [0, 0.05) is 17.5 Å². The lowest BCUT2D eigenvalue weighted by molar-refractivity contribution is 0.126. The van der Waals surface area contributed by atoms with Gasteiger partial charge in [-0.25, -0.2) is 19.5 Å². The Morgan fingerprint density at radius 1 is 1.03 bits per heavy atom. The number of ether oxygens (including phenoxy) is 1. The van der Waals surface area contributed by atoms with Crippen LogP contribution in [0.4, 0.5) is 0 Å². The van der Waals surface area contributed by atoms with Gasteiger partial charge >= 0.3 is 0 Å². The van der Waals surface area contributed by atoms with E-state index in [-0.39, 0.29) is 6.61 Å². The number of methoxy groups -OCH3 is 1. The van der Waals surface area contributed by atoms with E-state index in [9.17, 15) is 0 Å². The van der Waals surface area contributed by atoms with Gasteiger partial charge in [0.15, 0.2) is 23.7 Å². The van der Waals surface area contributed by atoms with E-state index in [1.165, 1.54) is 0 Å². The summed E-state index contributed by atoms with van der Waals surface area (Å²) in [6.07, 6.45) is 5.03. The fraction of sp³-hybridized carbons (Fsp3) is 0.174. The van der Waals surface area contributed by atoms with Gasteiger partial charge < -0.3 is 9.57 Å². The Morgan fingerprint density at radius 2 is 1.88 bits per heavy atom. The molecule has 0 spiro atoms. The lowest BCUT2D eigenvalue weighted by Crippen LogP contribution is -2.01. The van der Waals surface area contributed by atoms with E-state index in [1.807, 2.05) is 47.0 Å². The normalized spacial score (nSPS) is 11.6. The molecule has 0 saturated heterocycles. The van der Waals surface area contributed by atoms with Gasteiger partial charge in [-0.2, -0.15) is 0 Å². The molecule has 0 aliphatic heterocycles. The van der Waals surface area contributed by atoms with Crippen molar-refractivity contribution in [2.24, 2.45) is 5.16 Å². The van der Waals surface area contributed by atoms with Gasteiger partial charge in [-0.1, -0.05) is 23.4 Å². The SMILES string of the molecule is COc1ccccc1/C=N/OCc1nc2c3c(C)c(C)n(-c4ccccn4)c3ncn2n1. The molecule has 9 nitrogen and oxygen atoms in total. The molecule has 4 aromatic heterocycles. The van der Waals surface area contributed by atoms with Crippen LogP contribution in [0.1, 0.15) is 22.6 Å². The number of hydrogen-bond acceptors (Lipinski definition) is 7. The zero-order chi connectivity index (χ0) is 22.1. The lowest BCUT2D eigenvalue weighted by atomic mass is 10.2. The molecule has 0 atom stereocenters. The van der Waals surface area contributed by atoms with Gasteiger partial charge in [0.2, 0.25) is 0 Å². The minimum atomic E-state index is 0.133. The summed E-state index contributed by atoms with van der Waals surface area (Å²) < 4.78 is 9.01. The molecule has 0 aliphatic rings. The van der Waals surface area contributed by atoms with E-state index in [1.54, 1.807) is 30.4 Å². The second-order valence-electron chi connectivity index (χ2n) is 7.22. The summed E-state index contributed by atoms with van der Waals surface area (Å²) in [5.41, 5.74) is 4.48. The van der Waals surface area contributed by atoms with E-state index in [4.69, 9.17) is 9.57 Å². The van der Waals surface area contributed by atoms with E-state index >= 15 is 0 Å². The molecule has 0 bridgehead atoms. The number of nitrogens with zero attached hydrogens (tertiary/aromatic N) is 7. The number of hydrogen-bond donors (Lipinski definition) is 0. The Bertz CT molecular complexity index is 1440. The van der Waals surface area contributed by atoms with E-state index in [0.29, 0.717) is 5.82 Å². The first-order chi connectivity index (χ1) is 15.7. The summed E-state index contributed by atoms with van der Waals surface area (Å²) in [6.45, 7) is 4.24. The number of aryl methyl sites for hydroxylation is 1. The van der Waals surface area contributed by atoms with Crippen molar-refractivity contribution in [1.29, 1.82) is 0 Å². The average Bonchev–Trinajstić information content (AvgIpc) is 3.35. The number of para-hydroxylation sites is 1. The molecule has 0 unspecified atom stereocenters. The number of rotatable bonds is 6. The molecule has 0 fully saturated rings. The Morgan fingerprint density at radius 3 is 2.69 bits per heavy atom. The topological polar surface area (TPSA) is 91.7 Å². The maximum Gasteiger partial charge on any atom is 0.192 e. The lowest BCUT2D eigenvalue weighted by Gasteiger charge is -2.05. The Labute approximate surface area is 184 Å². The number of fused-ring (bicyclic) bond motifs is 3. The van der Waals surface area contributed by atoms with E-state index in [2.05, 4.69) is 39.1 Å². The molecule has 0 radical (unpaired) electrons. The molecular formula is C23H21N7O2. The van der Waals surface area contributed by atoms with Crippen LogP contribution in [-0.2, 0) is 11.4 Å². The summed E-state index contributed by atoms with van der Waals surface area (Å²) in [5, 5.41) is 9.46. The first kappa shape index (κ1) is 19.7. The summed E-state index contributed by atoms with van der Waals surface area (Å²) in [6, 6.07) is 13.4. The van der Waals surface area contributed by atoms with Crippen LogP contribution in [0.15, 0.2) is 60.1 Å². The monoisotopic (exact) mass is 427 g/mol. The first-order valence-corrected chi connectivity index (χ1v) is 10.1.